The quantitative estimate of drug-likeness (QED) is 0.751. The van der Waals surface area contributed by atoms with Gasteiger partial charge in [0.1, 0.15) is 0 Å². The Morgan fingerprint density at radius 2 is 2.00 bits per heavy atom. The monoisotopic (exact) mass is 312 g/mol. The van der Waals surface area contributed by atoms with Crippen LogP contribution in [0.1, 0.15) is 46.0 Å². The molecule has 22 heavy (non-hydrogen) atoms. The number of rotatable bonds is 6. The van der Waals surface area contributed by atoms with Crippen LogP contribution in [0, 0.1) is 0 Å². The molecular formula is C17H32N2O3. The van der Waals surface area contributed by atoms with E-state index in [9.17, 15) is 4.79 Å². The molecule has 1 spiro atoms. The van der Waals surface area contributed by atoms with Gasteiger partial charge in [-0.1, -0.05) is 13.8 Å². The second-order valence-corrected chi connectivity index (χ2v) is 6.52. The van der Waals surface area contributed by atoms with Gasteiger partial charge < -0.3 is 19.3 Å². The van der Waals surface area contributed by atoms with E-state index in [1.54, 1.807) is 7.11 Å². The van der Waals surface area contributed by atoms with Gasteiger partial charge in [-0.05, 0) is 38.8 Å². The number of methoxy groups -OCH3 is 1. The van der Waals surface area contributed by atoms with Crippen molar-refractivity contribution in [1.82, 2.24) is 9.80 Å². The minimum absolute atomic E-state index is 0.00351. The van der Waals surface area contributed by atoms with E-state index in [0.717, 1.165) is 58.5 Å². The molecule has 2 aliphatic heterocycles. The number of ether oxygens (including phenoxy) is 2. The summed E-state index contributed by atoms with van der Waals surface area (Å²) in [4.78, 5) is 16.6. The van der Waals surface area contributed by atoms with Gasteiger partial charge in [0, 0.05) is 32.8 Å². The van der Waals surface area contributed by atoms with Crippen molar-refractivity contribution in [3.05, 3.63) is 0 Å². The fraction of sp³-hybridized carbons (Fsp3) is 0.941. The highest BCUT2D eigenvalue weighted by atomic mass is 16.5. The van der Waals surface area contributed by atoms with Crippen molar-refractivity contribution >= 4 is 5.91 Å². The normalized spacial score (nSPS) is 24.9. The summed E-state index contributed by atoms with van der Waals surface area (Å²) in [6, 6.07) is 0.638. The lowest BCUT2D eigenvalue weighted by Crippen LogP contribution is -2.54. The van der Waals surface area contributed by atoms with Crippen molar-refractivity contribution in [2.24, 2.45) is 0 Å². The van der Waals surface area contributed by atoms with Crippen LogP contribution >= 0.6 is 0 Å². The molecule has 0 aliphatic carbocycles. The van der Waals surface area contributed by atoms with Crippen LogP contribution in [0.2, 0.25) is 0 Å². The van der Waals surface area contributed by atoms with Crippen LogP contribution in [-0.4, -0.2) is 73.9 Å². The molecule has 1 unspecified atom stereocenters. The van der Waals surface area contributed by atoms with E-state index in [-0.39, 0.29) is 11.5 Å². The Kier molecular flexibility index (Phi) is 6.66. The van der Waals surface area contributed by atoms with Crippen LogP contribution in [0.25, 0.3) is 0 Å². The first-order valence-electron chi connectivity index (χ1n) is 8.79. The van der Waals surface area contributed by atoms with Gasteiger partial charge in [-0.2, -0.15) is 0 Å². The highest BCUT2D eigenvalue weighted by Gasteiger charge is 2.42. The maximum atomic E-state index is 12.1. The zero-order valence-electron chi connectivity index (χ0n) is 14.5. The van der Waals surface area contributed by atoms with Gasteiger partial charge in [0.2, 0.25) is 5.91 Å². The number of carbonyl (C=O) groups is 1. The van der Waals surface area contributed by atoms with Gasteiger partial charge in [-0.15, -0.1) is 0 Å². The van der Waals surface area contributed by atoms with Crippen LogP contribution in [0.4, 0.5) is 0 Å². The molecule has 0 aromatic rings. The average molecular weight is 312 g/mol. The van der Waals surface area contributed by atoms with Crippen LogP contribution in [0.3, 0.4) is 0 Å². The summed E-state index contributed by atoms with van der Waals surface area (Å²) < 4.78 is 11.2. The van der Waals surface area contributed by atoms with E-state index >= 15 is 0 Å². The zero-order valence-corrected chi connectivity index (χ0v) is 14.5. The van der Waals surface area contributed by atoms with Gasteiger partial charge in [0.05, 0.1) is 18.6 Å². The second-order valence-electron chi connectivity index (χ2n) is 6.52. The molecule has 2 rings (SSSR count). The molecule has 0 saturated carbocycles. The molecule has 2 heterocycles. The number of piperidine rings is 1. The molecule has 0 N–H and O–H groups in total. The Labute approximate surface area is 134 Å². The topological polar surface area (TPSA) is 42.0 Å². The largest absolute Gasteiger partial charge is 0.384 e. The lowest BCUT2D eigenvalue weighted by Gasteiger charge is -2.48. The molecule has 1 amide bonds. The molecule has 0 radical (unpaired) electrons. The SMILES string of the molecule is CCN(CC)C1CCOC2(CCN(C(=O)CCOC)CC2)C1. The zero-order chi connectivity index (χ0) is 16.0. The molecule has 0 aromatic carbocycles. The molecule has 1 atom stereocenters. The van der Waals surface area contributed by atoms with E-state index in [1.807, 2.05) is 4.90 Å². The lowest BCUT2D eigenvalue weighted by molar-refractivity contribution is -0.149. The highest BCUT2D eigenvalue weighted by molar-refractivity contribution is 5.76. The first-order valence-corrected chi connectivity index (χ1v) is 8.79. The molecule has 2 fully saturated rings. The fourth-order valence-corrected chi connectivity index (χ4v) is 3.91. The Morgan fingerprint density at radius 3 is 2.59 bits per heavy atom. The molecule has 5 nitrogen and oxygen atoms in total. The van der Waals surface area contributed by atoms with E-state index in [4.69, 9.17) is 9.47 Å². The third-order valence-corrected chi connectivity index (χ3v) is 5.34. The summed E-state index contributed by atoms with van der Waals surface area (Å²) in [7, 11) is 1.64. The van der Waals surface area contributed by atoms with Crippen LogP contribution in [-0.2, 0) is 14.3 Å². The standard InChI is InChI=1S/C17H32N2O3/c1-4-18(5-2)15-6-13-22-17(14-15)8-10-19(11-9-17)16(20)7-12-21-3/h15H,4-14H2,1-3H3. The second kappa shape index (κ2) is 8.27. The molecule has 128 valence electrons. The van der Waals surface area contributed by atoms with E-state index in [1.165, 1.54) is 0 Å². The number of likely N-dealkylation sites (tertiary alicyclic amines) is 1. The predicted octanol–water partition coefficient (Wildman–Crippen LogP) is 1.90. The van der Waals surface area contributed by atoms with Crippen molar-refractivity contribution in [2.45, 2.75) is 57.6 Å². The van der Waals surface area contributed by atoms with Gasteiger partial charge in [0.15, 0.2) is 0 Å². The molecule has 2 saturated heterocycles. The molecule has 0 bridgehead atoms. The molecular weight excluding hydrogens is 280 g/mol. The Bertz CT molecular complexity index is 350. The predicted molar refractivity (Wildman–Crippen MR) is 86.9 cm³/mol. The van der Waals surface area contributed by atoms with Crippen molar-refractivity contribution in [3.63, 3.8) is 0 Å². The van der Waals surface area contributed by atoms with Crippen molar-refractivity contribution in [1.29, 1.82) is 0 Å². The van der Waals surface area contributed by atoms with E-state index in [2.05, 4.69) is 18.7 Å². The minimum atomic E-state index is 0.00351. The first-order chi connectivity index (χ1) is 10.6. The minimum Gasteiger partial charge on any atom is -0.384 e. The van der Waals surface area contributed by atoms with Gasteiger partial charge in [0.25, 0.3) is 0 Å². The van der Waals surface area contributed by atoms with E-state index in [0.29, 0.717) is 19.1 Å². The number of carbonyl (C=O) groups excluding carboxylic acids is 1. The Morgan fingerprint density at radius 1 is 1.32 bits per heavy atom. The van der Waals surface area contributed by atoms with Crippen LogP contribution < -0.4 is 0 Å². The third-order valence-electron chi connectivity index (χ3n) is 5.34. The lowest BCUT2D eigenvalue weighted by atomic mass is 9.81. The summed E-state index contributed by atoms with van der Waals surface area (Å²) in [6.45, 7) is 9.73. The van der Waals surface area contributed by atoms with Crippen molar-refractivity contribution in [3.8, 4) is 0 Å². The molecule has 5 heteroatoms. The maximum absolute atomic E-state index is 12.1. The average Bonchev–Trinajstić information content (AvgIpc) is 2.55. The van der Waals surface area contributed by atoms with Gasteiger partial charge >= 0.3 is 0 Å². The number of nitrogens with zero attached hydrogens (tertiary/aromatic N) is 2. The van der Waals surface area contributed by atoms with Gasteiger partial charge in [-0.25, -0.2) is 0 Å². The summed E-state index contributed by atoms with van der Waals surface area (Å²) in [5, 5.41) is 0. The summed E-state index contributed by atoms with van der Waals surface area (Å²) in [5.74, 6) is 0.216. The number of hydrogen-bond donors (Lipinski definition) is 0. The summed E-state index contributed by atoms with van der Waals surface area (Å²) in [5.41, 5.74) is 0.00351. The number of amides is 1. The van der Waals surface area contributed by atoms with Crippen molar-refractivity contribution < 1.29 is 14.3 Å². The Balaban J connectivity index is 1.87. The summed E-state index contributed by atoms with van der Waals surface area (Å²) in [6.07, 6.45) is 4.70. The maximum Gasteiger partial charge on any atom is 0.224 e. The van der Waals surface area contributed by atoms with Crippen LogP contribution in [0.15, 0.2) is 0 Å². The summed E-state index contributed by atoms with van der Waals surface area (Å²) >= 11 is 0. The first kappa shape index (κ1) is 17.7. The third kappa shape index (κ3) is 4.21. The van der Waals surface area contributed by atoms with Crippen LogP contribution in [0.5, 0.6) is 0 Å². The smallest absolute Gasteiger partial charge is 0.224 e. The molecule has 2 aliphatic rings. The number of hydrogen-bond acceptors (Lipinski definition) is 4. The van der Waals surface area contributed by atoms with E-state index < -0.39 is 0 Å². The van der Waals surface area contributed by atoms with Gasteiger partial charge in [-0.3, -0.25) is 4.79 Å². The highest BCUT2D eigenvalue weighted by Crippen LogP contribution is 2.36. The van der Waals surface area contributed by atoms with Crippen molar-refractivity contribution in [2.75, 3.05) is 46.5 Å². The fourth-order valence-electron chi connectivity index (χ4n) is 3.91. The molecule has 0 aromatic heterocycles. The Hall–Kier alpha value is -0.650.